The summed E-state index contributed by atoms with van der Waals surface area (Å²) >= 11 is 0. The zero-order valence-electron chi connectivity index (χ0n) is 17.9. The molecule has 8 heteroatoms. The first-order valence-electron chi connectivity index (χ1n) is 10.2. The first kappa shape index (κ1) is 22.2. The van der Waals surface area contributed by atoms with E-state index >= 15 is 0 Å². The minimum atomic E-state index is -3.69. The molecule has 1 aromatic carbocycles. The van der Waals surface area contributed by atoms with Crippen molar-refractivity contribution in [2.45, 2.75) is 51.5 Å². The number of rotatable bonds is 6. The van der Waals surface area contributed by atoms with Crippen molar-refractivity contribution in [2.75, 3.05) is 18.4 Å². The second-order valence-electron chi connectivity index (χ2n) is 7.95. The van der Waals surface area contributed by atoms with Gasteiger partial charge in [-0.15, -0.1) is 0 Å². The maximum absolute atomic E-state index is 13.2. The number of sulfonamides is 1. The number of ether oxygens (including phenoxy) is 1. The SMILES string of the molecule is Cc1cccc(NC(=O)C2CCCN(S(=O)(=O)c3ccc(OC(C)C)c(C)c3)C2)n1. The molecule has 1 aromatic heterocycles. The fourth-order valence-corrected chi connectivity index (χ4v) is 5.14. The van der Waals surface area contributed by atoms with Gasteiger partial charge in [0.05, 0.1) is 16.9 Å². The Morgan fingerprint density at radius 2 is 2.00 bits per heavy atom. The van der Waals surface area contributed by atoms with Gasteiger partial charge in [-0.3, -0.25) is 4.79 Å². The summed E-state index contributed by atoms with van der Waals surface area (Å²) in [6.45, 7) is 8.09. The summed E-state index contributed by atoms with van der Waals surface area (Å²) < 4.78 is 33.5. The number of benzene rings is 1. The minimum Gasteiger partial charge on any atom is -0.491 e. The van der Waals surface area contributed by atoms with Crippen LogP contribution in [0.3, 0.4) is 0 Å². The maximum atomic E-state index is 13.2. The van der Waals surface area contributed by atoms with Crippen LogP contribution >= 0.6 is 0 Å². The number of hydrogen-bond donors (Lipinski definition) is 1. The van der Waals surface area contributed by atoms with Crippen LogP contribution in [0.1, 0.15) is 37.9 Å². The molecule has 0 radical (unpaired) electrons. The van der Waals surface area contributed by atoms with Crippen LogP contribution in [-0.4, -0.2) is 42.8 Å². The second kappa shape index (κ2) is 9.14. The van der Waals surface area contributed by atoms with Gasteiger partial charge in [-0.05, 0) is 76.4 Å². The third kappa shape index (κ3) is 5.17. The fourth-order valence-electron chi connectivity index (χ4n) is 3.53. The Morgan fingerprint density at radius 1 is 1.23 bits per heavy atom. The van der Waals surface area contributed by atoms with Crippen molar-refractivity contribution in [3.63, 3.8) is 0 Å². The predicted octanol–water partition coefficient (Wildman–Crippen LogP) is 3.53. The Kier molecular flexibility index (Phi) is 6.77. The summed E-state index contributed by atoms with van der Waals surface area (Å²) in [6, 6.07) is 10.3. The quantitative estimate of drug-likeness (QED) is 0.756. The normalized spacial score (nSPS) is 17.7. The standard InChI is InChI=1S/C22H29N3O4S/c1-15(2)29-20-11-10-19(13-16(20)3)30(27,28)25-12-6-8-18(14-25)22(26)24-21-9-5-7-17(4)23-21/h5,7,9-11,13,15,18H,6,8,12,14H2,1-4H3,(H,23,24,26). The van der Waals surface area contributed by atoms with Crippen molar-refractivity contribution < 1.29 is 17.9 Å². The van der Waals surface area contributed by atoms with Gasteiger partial charge in [-0.2, -0.15) is 4.31 Å². The molecular formula is C22H29N3O4S. The molecule has 2 aromatic rings. The lowest BCUT2D eigenvalue weighted by atomic mass is 9.99. The number of carbonyl (C=O) groups excluding carboxylic acids is 1. The van der Waals surface area contributed by atoms with Gasteiger partial charge >= 0.3 is 0 Å². The lowest BCUT2D eigenvalue weighted by Gasteiger charge is -2.31. The molecule has 0 bridgehead atoms. The van der Waals surface area contributed by atoms with E-state index in [4.69, 9.17) is 4.74 Å². The van der Waals surface area contributed by atoms with Gasteiger partial charge in [0.25, 0.3) is 0 Å². The van der Waals surface area contributed by atoms with Crippen LogP contribution in [0.5, 0.6) is 5.75 Å². The van der Waals surface area contributed by atoms with Crippen molar-refractivity contribution in [1.29, 1.82) is 0 Å². The Balaban J connectivity index is 1.73. The van der Waals surface area contributed by atoms with E-state index in [9.17, 15) is 13.2 Å². The van der Waals surface area contributed by atoms with Crippen LogP contribution in [0.2, 0.25) is 0 Å². The second-order valence-corrected chi connectivity index (χ2v) is 9.89. The third-order valence-electron chi connectivity index (χ3n) is 5.04. The molecule has 0 saturated carbocycles. The molecule has 1 saturated heterocycles. The molecule has 1 unspecified atom stereocenters. The average Bonchev–Trinajstić information content (AvgIpc) is 2.69. The largest absolute Gasteiger partial charge is 0.491 e. The van der Waals surface area contributed by atoms with Gasteiger partial charge in [0.2, 0.25) is 15.9 Å². The van der Waals surface area contributed by atoms with E-state index in [-0.39, 0.29) is 23.5 Å². The zero-order chi connectivity index (χ0) is 21.9. The van der Waals surface area contributed by atoms with E-state index < -0.39 is 15.9 Å². The third-order valence-corrected chi connectivity index (χ3v) is 6.90. The van der Waals surface area contributed by atoms with E-state index in [1.165, 1.54) is 4.31 Å². The first-order valence-corrected chi connectivity index (χ1v) is 11.6. The molecule has 0 aliphatic carbocycles. The fraction of sp³-hybridized carbons (Fsp3) is 0.455. The maximum Gasteiger partial charge on any atom is 0.243 e. The number of pyridine rings is 1. The van der Waals surface area contributed by atoms with Crippen LogP contribution < -0.4 is 10.1 Å². The van der Waals surface area contributed by atoms with Crippen LogP contribution in [0.25, 0.3) is 0 Å². The Morgan fingerprint density at radius 3 is 2.67 bits per heavy atom. The molecule has 2 heterocycles. The molecule has 7 nitrogen and oxygen atoms in total. The van der Waals surface area contributed by atoms with Gasteiger partial charge in [-0.1, -0.05) is 6.07 Å². The van der Waals surface area contributed by atoms with Crippen molar-refractivity contribution in [1.82, 2.24) is 9.29 Å². The lowest BCUT2D eigenvalue weighted by Crippen LogP contribution is -2.43. The van der Waals surface area contributed by atoms with E-state index in [0.29, 0.717) is 31.0 Å². The number of aromatic nitrogens is 1. The van der Waals surface area contributed by atoms with Crippen molar-refractivity contribution in [3.05, 3.63) is 47.7 Å². The van der Waals surface area contributed by atoms with Crippen molar-refractivity contribution in [3.8, 4) is 5.75 Å². The molecule has 162 valence electrons. The highest BCUT2D eigenvalue weighted by molar-refractivity contribution is 7.89. The summed E-state index contributed by atoms with van der Waals surface area (Å²) in [5.41, 5.74) is 1.57. The molecule has 1 aliphatic rings. The molecule has 30 heavy (non-hydrogen) atoms. The number of anilines is 1. The Labute approximate surface area is 178 Å². The first-order chi connectivity index (χ1) is 14.2. The Bertz CT molecular complexity index is 1020. The number of piperidine rings is 1. The van der Waals surface area contributed by atoms with Crippen LogP contribution in [0, 0.1) is 19.8 Å². The van der Waals surface area contributed by atoms with Crippen molar-refractivity contribution in [2.24, 2.45) is 5.92 Å². The zero-order valence-corrected chi connectivity index (χ0v) is 18.7. The molecule has 1 N–H and O–H groups in total. The van der Waals surface area contributed by atoms with Gasteiger partial charge in [-0.25, -0.2) is 13.4 Å². The lowest BCUT2D eigenvalue weighted by molar-refractivity contribution is -0.120. The van der Waals surface area contributed by atoms with E-state index in [0.717, 1.165) is 11.3 Å². The summed E-state index contributed by atoms with van der Waals surface area (Å²) in [4.78, 5) is 17.2. The number of hydrogen-bond acceptors (Lipinski definition) is 5. The highest BCUT2D eigenvalue weighted by Crippen LogP contribution is 2.28. The highest BCUT2D eigenvalue weighted by Gasteiger charge is 2.33. The number of nitrogens with zero attached hydrogens (tertiary/aromatic N) is 2. The monoisotopic (exact) mass is 431 g/mol. The molecule has 3 rings (SSSR count). The molecule has 1 amide bonds. The minimum absolute atomic E-state index is 0.00964. The predicted molar refractivity (Wildman–Crippen MR) is 116 cm³/mol. The van der Waals surface area contributed by atoms with Crippen molar-refractivity contribution >= 4 is 21.7 Å². The van der Waals surface area contributed by atoms with Gasteiger partial charge in [0, 0.05) is 18.8 Å². The number of amides is 1. The summed E-state index contributed by atoms with van der Waals surface area (Å²) in [5, 5.41) is 2.81. The summed E-state index contributed by atoms with van der Waals surface area (Å²) in [7, 11) is -3.69. The Hall–Kier alpha value is -2.45. The van der Waals surface area contributed by atoms with E-state index in [1.54, 1.807) is 24.3 Å². The van der Waals surface area contributed by atoms with Gasteiger partial charge < -0.3 is 10.1 Å². The van der Waals surface area contributed by atoms with E-state index in [2.05, 4.69) is 10.3 Å². The molecule has 0 spiro atoms. The van der Waals surface area contributed by atoms with Gasteiger partial charge in [0.15, 0.2) is 0 Å². The smallest absolute Gasteiger partial charge is 0.243 e. The number of aryl methyl sites for hydroxylation is 2. The van der Waals surface area contributed by atoms with Crippen LogP contribution in [0.4, 0.5) is 5.82 Å². The highest BCUT2D eigenvalue weighted by atomic mass is 32.2. The summed E-state index contributed by atoms with van der Waals surface area (Å²) in [5.74, 6) is 0.534. The topological polar surface area (TPSA) is 88.6 Å². The molecular weight excluding hydrogens is 402 g/mol. The number of carbonyl (C=O) groups is 1. The molecule has 1 atom stereocenters. The van der Waals surface area contributed by atoms with E-state index in [1.807, 2.05) is 39.8 Å². The average molecular weight is 432 g/mol. The van der Waals surface area contributed by atoms with Gasteiger partial charge in [0.1, 0.15) is 11.6 Å². The molecule has 1 fully saturated rings. The number of nitrogens with one attached hydrogen (secondary N) is 1. The summed E-state index contributed by atoms with van der Waals surface area (Å²) in [6.07, 6.45) is 1.28. The molecule has 1 aliphatic heterocycles. The van der Waals surface area contributed by atoms with Crippen LogP contribution in [-0.2, 0) is 14.8 Å². The van der Waals surface area contributed by atoms with Crippen LogP contribution in [0.15, 0.2) is 41.3 Å².